The second-order valence-corrected chi connectivity index (χ2v) is 12.6. The highest BCUT2D eigenvalue weighted by Crippen LogP contribution is 2.28. The quantitative estimate of drug-likeness (QED) is 0.384. The lowest BCUT2D eigenvalue weighted by atomic mass is 10.1. The van der Waals surface area contributed by atoms with Crippen molar-refractivity contribution in [2.45, 2.75) is 24.1 Å². The summed E-state index contributed by atoms with van der Waals surface area (Å²) in [5.74, 6) is 0.549. The largest absolute Gasteiger partial charge is 0.497 e. The molecule has 1 unspecified atom stereocenters. The molecule has 0 aromatic heterocycles. The van der Waals surface area contributed by atoms with E-state index in [1.165, 1.54) is 22.5 Å². The Morgan fingerprint density at radius 1 is 0.833 bits per heavy atom. The molecule has 3 rings (SSSR count). The second-order valence-electron chi connectivity index (χ2n) is 8.21. The molecule has 0 aliphatic carbocycles. The van der Waals surface area contributed by atoms with Gasteiger partial charge >= 0.3 is 0 Å². The molecule has 0 saturated carbocycles. The topological polar surface area (TPSA) is 110 Å². The van der Waals surface area contributed by atoms with E-state index < -0.39 is 31.7 Å². The molecule has 36 heavy (non-hydrogen) atoms. The lowest BCUT2D eigenvalue weighted by Crippen LogP contribution is -2.34. The number of nitrogens with zero attached hydrogens (tertiary/aromatic N) is 1. The van der Waals surface area contributed by atoms with E-state index in [9.17, 15) is 21.9 Å². The lowest BCUT2D eigenvalue weighted by molar-refractivity contribution is 0.195. The Bertz CT molecular complexity index is 1340. The van der Waals surface area contributed by atoms with E-state index in [-0.39, 0.29) is 28.6 Å². The molecule has 0 heterocycles. The number of sulfone groups is 1. The first-order valence-electron chi connectivity index (χ1n) is 10.8. The van der Waals surface area contributed by atoms with Crippen molar-refractivity contribution >= 4 is 31.5 Å². The molecule has 8 nitrogen and oxygen atoms in total. The van der Waals surface area contributed by atoms with Crippen molar-refractivity contribution < 1.29 is 31.4 Å². The van der Waals surface area contributed by atoms with Crippen LogP contribution in [0.1, 0.15) is 22.8 Å². The molecule has 0 aliphatic heterocycles. The minimum Gasteiger partial charge on any atom is -0.497 e. The van der Waals surface area contributed by atoms with E-state index in [2.05, 4.69) is 0 Å². The maximum absolute atomic E-state index is 13.5. The highest BCUT2D eigenvalue weighted by Gasteiger charge is 2.29. The summed E-state index contributed by atoms with van der Waals surface area (Å²) in [6.45, 7) is 0.0647. The molecule has 11 heteroatoms. The normalized spacial score (nSPS) is 12.9. The van der Waals surface area contributed by atoms with Gasteiger partial charge in [-0.1, -0.05) is 41.9 Å². The Hall–Kier alpha value is -2.63. The van der Waals surface area contributed by atoms with Crippen LogP contribution in [-0.2, 0) is 33.0 Å². The highest BCUT2D eigenvalue weighted by atomic mass is 35.5. The van der Waals surface area contributed by atoms with Gasteiger partial charge in [-0.3, -0.25) is 0 Å². The molecule has 0 saturated heterocycles. The van der Waals surface area contributed by atoms with Gasteiger partial charge in [-0.2, -0.15) is 4.31 Å². The van der Waals surface area contributed by atoms with E-state index in [0.717, 1.165) is 6.26 Å². The molecular formula is C25H28ClNO7S2. The monoisotopic (exact) mass is 553 g/mol. The minimum absolute atomic E-state index is 0.0284. The zero-order valence-corrected chi connectivity index (χ0v) is 22.5. The van der Waals surface area contributed by atoms with Gasteiger partial charge in [-0.05, 0) is 47.5 Å². The van der Waals surface area contributed by atoms with Crippen LogP contribution in [0, 0.1) is 0 Å². The van der Waals surface area contributed by atoms with Crippen molar-refractivity contribution in [3.05, 3.63) is 88.4 Å². The fraction of sp³-hybridized carbons (Fsp3) is 0.280. The Kier molecular flexibility index (Phi) is 9.02. The molecule has 3 aromatic rings. The summed E-state index contributed by atoms with van der Waals surface area (Å²) in [6, 6.07) is 17.9. The number of methoxy groups -OCH3 is 2. The molecule has 0 spiro atoms. The standard InChI is InChI=1S/C25H28ClNO7S2/c1-33-21-9-4-18(5-10-21)15-27(16-19-6-11-22(34-2)12-7-19)36(31,32)17-24(28)23-13-8-20(26)14-25(23)35(3,29)30/h4-14,24,28H,15-17H2,1-3H3. The van der Waals surface area contributed by atoms with Crippen LogP contribution in [-0.4, -0.2) is 52.5 Å². The summed E-state index contributed by atoms with van der Waals surface area (Å²) in [5, 5.41) is 11.0. The first-order valence-corrected chi connectivity index (χ1v) is 14.7. The Balaban J connectivity index is 1.94. The molecule has 0 bridgehead atoms. The van der Waals surface area contributed by atoms with Crippen molar-refractivity contribution in [3.8, 4) is 11.5 Å². The fourth-order valence-electron chi connectivity index (χ4n) is 3.62. The highest BCUT2D eigenvalue weighted by molar-refractivity contribution is 7.90. The van der Waals surface area contributed by atoms with Gasteiger partial charge in [0.2, 0.25) is 10.0 Å². The van der Waals surface area contributed by atoms with Gasteiger partial charge in [0.15, 0.2) is 9.84 Å². The van der Waals surface area contributed by atoms with Gasteiger partial charge in [-0.15, -0.1) is 0 Å². The van der Waals surface area contributed by atoms with Crippen molar-refractivity contribution in [2.24, 2.45) is 0 Å². The van der Waals surface area contributed by atoms with Crippen LogP contribution in [0.2, 0.25) is 5.02 Å². The number of hydrogen-bond donors (Lipinski definition) is 1. The van der Waals surface area contributed by atoms with E-state index in [1.54, 1.807) is 62.8 Å². The number of aliphatic hydroxyl groups excluding tert-OH is 1. The Morgan fingerprint density at radius 3 is 1.72 bits per heavy atom. The van der Waals surface area contributed by atoms with Crippen molar-refractivity contribution in [1.29, 1.82) is 0 Å². The van der Waals surface area contributed by atoms with Gasteiger partial charge in [0, 0.05) is 29.9 Å². The first kappa shape index (κ1) is 27.9. The van der Waals surface area contributed by atoms with Gasteiger partial charge < -0.3 is 14.6 Å². The van der Waals surface area contributed by atoms with E-state index in [4.69, 9.17) is 21.1 Å². The smallest absolute Gasteiger partial charge is 0.217 e. The van der Waals surface area contributed by atoms with Gasteiger partial charge in [0.05, 0.1) is 31.0 Å². The van der Waals surface area contributed by atoms with Crippen molar-refractivity contribution in [2.75, 3.05) is 26.2 Å². The zero-order chi connectivity index (χ0) is 26.5. The number of hydrogen-bond acceptors (Lipinski definition) is 7. The van der Waals surface area contributed by atoms with Crippen LogP contribution >= 0.6 is 11.6 Å². The van der Waals surface area contributed by atoms with Crippen molar-refractivity contribution in [3.63, 3.8) is 0 Å². The maximum atomic E-state index is 13.5. The number of rotatable bonds is 11. The zero-order valence-electron chi connectivity index (χ0n) is 20.1. The van der Waals surface area contributed by atoms with Gasteiger partial charge in [-0.25, -0.2) is 16.8 Å². The Labute approximate surface area is 217 Å². The fourth-order valence-corrected chi connectivity index (χ4v) is 6.31. The number of halogens is 1. The number of aliphatic hydroxyl groups is 1. The lowest BCUT2D eigenvalue weighted by Gasteiger charge is -2.25. The Morgan fingerprint density at radius 2 is 1.31 bits per heavy atom. The first-order chi connectivity index (χ1) is 16.9. The van der Waals surface area contributed by atoms with Crippen molar-refractivity contribution in [1.82, 2.24) is 4.31 Å². The summed E-state index contributed by atoms with van der Waals surface area (Å²) >= 11 is 5.94. The molecular weight excluding hydrogens is 526 g/mol. The summed E-state index contributed by atoms with van der Waals surface area (Å²) in [5.41, 5.74) is 1.40. The molecule has 1 atom stereocenters. The maximum Gasteiger partial charge on any atom is 0.217 e. The molecule has 194 valence electrons. The summed E-state index contributed by atoms with van der Waals surface area (Å²) in [7, 11) is -4.76. The van der Waals surface area contributed by atoms with Crippen LogP contribution in [0.4, 0.5) is 0 Å². The summed E-state index contributed by atoms with van der Waals surface area (Å²) in [4.78, 5) is -0.213. The predicted octanol–water partition coefficient (Wildman–Crippen LogP) is 3.83. The third-order valence-corrected chi connectivity index (χ3v) is 8.70. The van der Waals surface area contributed by atoms with E-state index in [0.29, 0.717) is 22.6 Å². The van der Waals surface area contributed by atoms with E-state index in [1.807, 2.05) is 0 Å². The average Bonchev–Trinajstić information content (AvgIpc) is 2.83. The summed E-state index contributed by atoms with van der Waals surface area (Å²) in [6.07, 6.45) is -0.616. The molecule has 0 aliphatic rings. The minimum atomic E-state index is -4.08. The molecule has 0 radical (unpaired) electrons. The number of ether oxygens (including phenoxy) is 2. The van der Waals surface area contributed by atoms with Crippen LogP contribution in [0.15, 0.2) is 71.6 Å². The second kappa shape index (κ2) is 11.6. The molecule has 3 aromatic carbocycles. The van der Waals surface area contributed by atoms with Gasteiger partial charge in [0.1, 0.15) is 11.5 Å². The molecule has 0 amide bonds. The summed E-state index contributed by atoms with van der Waals surface area (Å²) < 4.78 is 63.2. The molecule has 1 N–H and O–H groups in total. The van der Waals surface area contributed by atoms with Crippen LogP contribution in [0.25, 0.3) is 0 Å². The predicted molar refractivity (Wildman–Crippen MR) is 139 cm³/mol. The van der Waals surface area contributed by atoms with Gasteiger partial charge in [0.25, 0.3) is 0 Å². The molecule has 0 fully saturated rings. The number of sulfonamides is 1. The number of benzene rings is 3. The van der Waals surface area contributed by atoms with Crippen LogP contribution in [0.5, 0.6) is 11.5 Å². The third kappa shape index (κ3) is 7.21. The SMILES string of the molecule is COc1ccc(CN(Cc2ccc(OC)cc2)S(=O)(=O)CC(O)c2ccc(Cl)cc2S(C)(=O)=O)cc1. The van der Waals surface area contributed by atoms with E-state index >= 15 is 0 Å². The third-order valence-electron chi connectivity index (χ3n) is 5.53. The van der Waals surface area contributed by atoms with Crippen LogP contribution < -0.4 is 9.47 Å². The average molecular weight is 554 g/mol. The van der Waals surface area contributed by atoms with Crippen LogP contribution in [0.3, 0.4) is 0 Å².